The highest BCUT2D eigenvalue weighted by molar-refractivity contribution is 6.10. The van der Waals surface area contributed by atoms with Crippen molar-refractivity contribution in [1.82, 2.24) is 0 Å². The summed E-state index contributed by atoms with van der Waals surface area (Å²) in [4.78, 5) is 24.8. The van der Waals surface area contributed by atoms with Gasteiger partial charge in [0.2, 0.25) is 11.5 Å². The Balaban J connectivity index is 0.000000250. The van der Waals surface area contributed by atoms with Gasteiger partial charge in [-0.2, -0.15) is 0 Å². The van der Waals surface area contributed by atoms with Gasteiger partial charge in [-0.05, 0) is 71.8 Å². The van der Waals surface area contributed by atoms with E-state index in [2.05, 4.69) is 0 Å². The Labute approximate surface area is 266 Å². The van der Waals surface area contributed by atoms with E-state index in [0.717, 1.165) is 0 Å². The van der Waals surface area contributed by atoms with Crippen LogP contribution in [0.5, 0.6) is 34.5 Å². The summed E-state index contributed by atoms with van der Waals surface area (Å²) >= 11 is 0. The lowest BCUT2D eigenvalue weighted by atomic mass is 10.1. The SMILES string of the molecule is COc1ccc(C(=O)/C=C/c2cccc(F)c2)c(OC)c1OC.COc1ccc(C(=O)/C=C/c2cccc(F)c2)c(OC)c1OC. The average molecular weight is 633 g/mol. The van der Waals surface area contributed by atoms with Crippen molar-refractivity contribution in [3.63, 3.8) is 0 Å². The first kappa shape index (κ1) is 34.8. The van der Waals surface area contributed by atoms with E-state index in [4.69, 9.17) is 28.4 Å². The fraction of sp³-hybridized carbons (Fsp3) is 0.167. The molecule has 0 aliphatic heterocycles. The number of ether oxygens (including phenoxy) is 6. The molecule has 0 N–H and O–H groups in total. The molecule has 0 unspecified atom stereocenters. The molecule has 46 heavy (non-hydrogen) atoms. The van der Waals surface area contributed by atoms with E-state index in [-0.39, 0.29) is 23.2 Å². The van der Waals surface area contributed by atoms with Crippen molar-refractivity contribution in [3.8, 4) is 34.5 Å². The quantitative estimate of drug-likeness (QED) is 0.117. The second kappa shape index (κ2) is 17.0. The van der Waals surface area contributed by atoms with Gasteiger partial charge in [0, 0.05) is 0 Å². The lowest BCUT2D eigenvalue weighted by Crippen LogP contribution is -2.02. The number of rotatable bonds is 12. The number of methoxy groups -OCH3 is 6. The van der Waals surface area contributed by atoms with E-state index in [1.54, 1.807) is 60.7 Å². The number of ketones is 2. The van der Waals surface area contributed by atoms with Crippen LogP contribution in [0.3, 0.4) is 0 Å². The summed E-state index contributed by atoms with van der Waals surface area (Å²) in [6.07, 6.45) is 5.81. The summed E-state index contributed by atoms with van der Waals surface area (Å²) in [6.45, 7) is 0. The molecule has 0 heterocycles. The van der Waals surface area contributed by atoms with E-state index in [9.17, 15) is 18.4 Å². The lowest BCUT2D eigenvalue weighted by molar-refractivity contribution is 0.103. The maximum atomic E-state index is 13.1. The zero-order chi connectivity index (χ0) is 33.6. The average Bonchev–Trinajstić information content (AvgIpc) is 3.08. The topological polar surface area (TPSA) is 89.5 Å². The highest BCUT2D eigenvalue weighted by Crippen LogP contribution is 2.41. The van der Waals surface area contributed by atoms with Crippen molar-refractivity contribution in [1.29, 1.82) is 0 Å². The van der Waals surface area contributed by atoms with Crippen molar-refractivity contribution >= 4 is 23.7 Å². The molecular weight excluding hydrogens is 598 g/mol. The number of carbonyl (C=O) groups excluding carboxylic acids is 2. The summed E-state index contributed by atoms with van der Waals surface area (Å²) < 4.78 is 57.7. The Hall–Kier alpha value is -5.64. The van der Waals surface area contributed by atoms with Crippen LogP contribution in [0.1, 0.15) is 31.8 Å². The molecule has 4 rings (SSSR count). The van der Waals surface area contributed by atoms with Crippen molar-refractivity contribution in [2.45, 2.75) is 0 Å². The molecule has 240 valence electrons. The smallest absolute Gasteiger partial charge is 0.204 e. The van der Waals surface area contributed by atoms with Crippen LogP contribution in [0.25, 0.3) is 12.2 Å². The second-order valence-corrected chi connectivity index (χ2v) is 9.27. The molecule has 0 aliphatic rings. The molecule has 0 radical (unpaired) electrons. The molecular formula is C36H34F2O8. The maximum Gasteiger partial charge on any atom is 0.204 e. The highest BCUT2D eigenvalue weighted by Gasteiger charge is 2.20. The minimum atomic E-state index is -0.358. The van der Waals surface area contributed by atoms with Crippen LogP contribution in [0, 0.1) is 11.6 Å². The number of hydrogen-bond acceptors (Lipinski definition) is 8. The fourth-order valence-electron chi connectivity index (χ4n) is 4.33. The Morgan fingerprint density at radius 1 is 0.500 bits per heavy atom. The predicted molar refractivity (Wildman–Crippen MR) is 172 cm³/mol. The molecule has 0 bridgehead atoms. The molecule has 0 spiro atoms. The summed E-state index contributed by atoms with van der Waals surface area (Å²) in [6, 6.07) is 18.4. The van der Waals surface area contributed by atoms with Crippen LogP contribution in [0.15, 0.2) is 84.9 Å². The molecule has 10 heteroatoms. The zero-order valence-electron chi connectivity index (χ0n) is 26.3. The summed E-state index contributed by atoms with van der Waals surface area (Å²) in [5, 5.41) is 0. The second-order valence-electron chi connectivity index (χ2n) is 9.27. The monoisotopic (exact) mass is 632 g/mol. The van der Waals surface area contributed by atoms with Gasteiger partial charge >= 0.3 is 0 Å². The highest BCUT2D eigenvalue weighted by atomic mass is 19.1. The molecule has 8 nitrogen and oxygen atoms in total. The Morgan fingerprint density at radius 3 is 1.17 bits per heavy atom. The third kappa shape index (κ3) is 8.72. The number of hydrogen-bond donors (Lipinski definition) is 0. The van der Waals surface area contributed by atoms with Gasteiger partial charge in [-0.1, -0.05) is 36.4 Å². The normalized spacial score (nSPS) is 10.6. The minimum Gasteiger partial charge on any atom is -0.493 e. The molecule has 0 amide bonds. The number of halogens is 2. The van der Waals surface area contributed by atoms with Gasteiger partial charge in [0.15, 0.2) is 34.6 Å². The van der Waals surface area contributed by atoms with Crippen molar-refractivity contribution in [2.24, 2.45) is 0 Å². The third-order valence-electron chi connectivity index (χ3n) is 6.49. The van der Waals surface area contributed by atoms with E-state index < -0.39 is 0 Å². The first-order valence-corrected chi connectivity index (χ1v) is 13.7. The molecule has 0 aromatic heterocycles. The van der Waals surface area contributed by atoms with Crippen LogP contribution in [-0.4, -0.2) is 54.2 Å². The first-order valence-electron chi connectivity index (χ1n) is 13.7. The van der Waals surface area contributed by atoms with Crippen molar-refractivity contribution in [3.05, 3.63) is 119 Å². The van der Waals surface area contributed by atoms with Crippen molar-refractivity contribution in [2.75, 3.05) is 42.7 Å². The minimum absolute atomic E-state index is 0.285. The van der Waals surface area contributed by atoms with Gasteiger partial charge in [0.05, 0.1) is 53.8 Å². The molecule has 4 aromatic rings. The Morgan fingerprint density at radius 2 is 0.870 bits per heavy atom. The number of carbonyl (C=O) groups is 2. The van der Waals surface area contributed by atoms with E-state index in [1.165, 1.54) is 79.1 Å². The van der Waals surface area contributed by atoms with Gasteiger partial charge in [-0.25, -0.2) is 8.78 Å². The molecule has 0 atom stereocenters. The molecule has 0 aliphatic carbocycles. The zero-order valence-corrected chi connectivity index (χ0v) is 26.3. The van der Waals surface area contributed by atoms with Crippen LogP contribution in [0.4, 0.5) is 8.78 Å². The maximum absolute atomic E-state index is 13.1. The van der Waals surface area contributed by atoms with Gasteiger partial charge < -0.3 is 28.4 Å². The van der Waals surface area contributed by atoms with E-state index in [0.29, 0.717) is 56.8 Å². The summed E-state index contributed by atoms with van der Waals surface area (Å²) in [5.41, 5.74) is 1.85. The third-order valence-corrected chi connectivity index (χ3v) is 6.49. The fourth-order valence-corrected chi connectivity index (χ4v) is 4.33. The largest absolute Gasteiger partial charge is 0.493 e. The molecule has 0 fully saturated rings. The van der Waals surface area contributed by atoms with Gasteiger partial charge in [-0.3, -0.25) is 9.59 Å². The van der Waals surface area contributed by atoms with Crippen LogP contribution in [0.2, 0.25) is 0 Å². The Bertz CT molecular complexity index is 1600. The van der Waals surface area contributed by atoms with E-state index >= 15 is 0 Å². The van der Waals surface area contributed by atoms with Crippen LogP contribution >= 0.6 is 0 Å². The van der Waals surface area contributed by atoms with Crippen LogP contribution < -0.4 is 28.4 Å². The van der Waals surface area contributed by atoms with Gasteiger partial charge in [0.1, 0.15) is 11.6 Å². The Kier molecular flexibility index (Phi) is 12.9. The molecule has 4 aromatic carbocycles. The number of allylic oxidation sites excluding steroid dienone is 2. The van der Waals surface area contributed by atoms with Crippen LogP contribution in [-0.2, 0) is 0 Å². The van der Waals surface area contributed by atoms with Gasteiger partial charge in [0.25, 0.3) is 0 Å². The predicted octanol–water partition coefficient (Wildman–Crippen LogP) is 7.50. The van der Waals surface area contributed by atoms with E-state index in [1.807, 2.05) is 0 Å². The number of benzene rings is 4. The summed E-state index contributed by atoms with van der Waals surface area (Å²) in [5.74, 6) is 0.928. The molecule has 0 saturated heterocycles. The first-order chi connectivity index (χ1) is 22.2. The molecule has 0 saturated carbocycles. The van der Waals surface area contributed by atoms with Gasteiger partial charge in [-0.15, -0.1) is 0 Å². The standard InChI is InChI=1S/2C18H17FO4/c2*1-21-16-10-8-14(17(22-2)18(16)23-3)15(20)9-7-12-5-4-6-13(19)11-12/h2*4-11H,1-3H3/b2*9-7+. The van der Waals surface area contributed by atoms with Crippen molar-refractivity contribution < 1.29 is 46.8 Å². The summed E-state index contributed by atoms with van der Waals surface area (Å²) in [7, 11) is 8.84. The lowest BCUT2D eigenvalue weighted by Gasteiger charge is -2.14.